The Balaban J connectivity index is 1.34. The highest BCUT2D eigenvalue weighted by molar-refractivity contribution is 7.92. The second kappa shape index (κ2) is 15.2. The Morgan fingerprint density at radius 1 is 1.02 bits per heavy atom. The SMILES string of the molecule is C[C@H](CO)N1C[C@H](C)[C@@H](CN(C)Cc2ccc(Oc3ccccc3)cc2)Oc2ccc(NS(=O)(=O)c3ccc(Cl)cc3)cc2CC1=O. The van der Waals surface area contributed by atoms with Crippen LogP contribution < -0.4 is 14.2 Å². The van der Waals surface area contributed by atoms with E-state index >= 15 is 0 Å². The minimum absolute atomic E-state index is 0.0110. The summed E-state index contributed by atoms with van der Waals surface area (Å²) in [6.45, 7) is 5.29. The van der Waals surface area contributed by atoms with Gasteiger partial charge in [0.15, 0.2) is 0 Å². The fourth-order valence-electron chi connectivity index (χ4n) is 5.51. The number of carbonyl (C=O) groups is 1. The van der Waals surface area contributed by atoms with Crippen LogP contribution in [-0.2, 0) is 27.8 Å². The summed E-state index contributed by atoms with van der Waals surface area (Å²) < 4.78 is 41.3. The molecule has 0 radical (unpaired) electrons. The Hall–Kier alpha value is -4.09. The second-order valence-electron chi connectivity index (χ2n) is 12.0. The number of amides is 1. The topological polar surface area (TPSA) is 108 Å². The number of hydrogen-bond acceptors (Lipinski definition) is 7. The third kappa shape index (κ3) is 9.04. The van der Waals surface area contributed by atoms with Gasteiger partial charge in [0.1, 0.15) is 23.4 Å². The largest absolute Gasteiger partial charge is 0.488 e. The number of ether oxygens (including phenoxy) is 2. The van der Waals surface area contributed by atoms with E-state index in [1.807, 2.05) is 75.5 Å². The number of nitrogens with zero attached hydrogens (tertiary/aromatic N) is 2. The third-order valence-electron chi connectivity index (χ3n) is 8.14. The minimum atomic E-state index is -3.90. The molecule has 1 aliphatic heterocycles. The van der Waals surface area contributed by atoms with Crippen LogP contribution in [0.25, 0.3) is 0 Å². The number of hydrogen-bond donors (Lipinski definition) is 2. The lowest BCUT2D eigenvalue weighted by Gasteiger charge is -2.34. The molecule has 0 aromatic heterocycles. The van der Waals surface area contributed by atoms with E-state index in [0.717, 1.165) is 17.1 Å². The first kappa shape index (κ1) is 34.3. The van der Waals surface area contributed by atoms with E-state index in [2.05, 4.69) is 9.62 Å². The van der Waals surface area contributed by atoms with Crippen molar-refractivity contribution in [2.24, 2.45) is 5.92 Å². The zero-order chi connectivity index (χ0) is 33.6. The maximum absolute atomic E-state index is 13.6. The van der Waals surface area contributed by atoms with Gasteiger partial charge in [-0.3, -0.25) is 14.4 Å². The molecule has 0 saturated heterocycles. The number of fused-ring (bicyclic) bond motifs is 1. The standard InChI is InChI=1S/C36H40ClN3O6S/c1-25-21-40(26(2)24-41)36(42)20-28-19-30(38-47(43,44)33-16-11-29(37)12-17-33)13-18-34(28)46-35(25)23-39(3)22-27-9-14-32(15-10-27)45-31-7-5-4-6-8-31/h4-19,25-26,35,38,41H,20-24H2,1-3H3/t25-,26+,35+/m0/s1. The summed E-state index contributed by atoms with van der Waals surface area (Å²) in [4.78, 5) is 17.5. The molecular formula is C36H40ClN3O6S. The van der Waals surface area contributed by atoms with Gasteiger partial charge >= 0.3 is 0 Å². The Morgan fingerprint density at radius 2 is 1.70 bits per heavy atom. The number of rotatable bonds is 11. The van der Waals surface area contributed by atoms with Crippen LogP contribution in [0, 0.1) is 5.92 Å². The molecule has 0 bridgehead atoms. The lowest BCUT2D eigenvalue weighted by Crippen LogP contribution is -2.47. The Kier molecular flexibility index (Phi) is 11.1. The number of halogens is 1. The quantitative estimate of drug-likeness (QED) is 0.194. The molecule has 5 rings (SSSR count). The van der Waals surface area contributed by atoms with Gasteiger partial charge in [0.25, 0.3) is 10.0 Å². The van der Waals surface area contributed by atoms with E-state index in [0.29, 0.717) is 41.7 Å². The van der Waals surface area contributed by atoms with Gasteiger partial charge in [0.2, 0.25) is 5.91 Å². The molecule has 1 heterocycles. The van der Waals surface area contributed by atoms with Crippen molar-refractivity contribution in [2.45, 2.75) is 43.9 Å². The van der Waals surface area contributed by atoms with Crippen molar-refractivity contribution in [2.75, 3.05) is 31.5 Å². The highest BCUT2D eigenvalue weighted by Gasteiger charge is 2.31. The monoisotopic (exact) mass is 677 g/mol. The van der Waals surface area contributed by atoms with Gasteiger partial charge in [-0.25, -0.2) is 8.42 Å². The molecule has 4 aromatic rings. The van der Waals surface area contributed by atoms with Crippen LogP contribution in [0.4, 0.5) is 5.69 Å². The van der Waals surface area contributed by atoms with Gasteiger partial charge in [-0.2, -0.15) is 0 Å². The van der Waals surface area contributed by atoms with Gasteiger partial charge in [0, 0.05) is 41.8 Å². The molecule has 0 aliphatic carbocycles. The number of anilines is 1. The molecular weight excluding hydrogens is 638 g/mol. The predicted octanol–water partition coefficient (Wildman–Crippen LogP) is 6.21. The number of aliphatic hydroxyl groups excluding tert-OH is 1. The molecule has 4 aromatic carbocycles. The second-order valence-corrected chi connectivity index (χ2v) is 14.1. The van der Waals surface area contributed by atoms with Crippen molar-refractivity contribution in [3.63, 3.8) is 0 Å². The molecule has 9 nitrogen and oxygen atoms in total. The number of carbonyl (C=O) groups excluding carboxylic acids is 1. The Labute approximate surface area is 281 Å². The first-order valence-corrected chi connectivity index (χ1v) is 17.4. The van der Waals surface area contributed by atoms with Crippen LogP contribution in [0.5, 0.6) is 17.2 Å². The lowest BCUT2D eigenvalue weighted by molar-refractivity contribution is -0.134. The summed E-state index contributed by atoms with van der Waals surface area (Å²) >= 11 is 5.94. The number of likely N-dealkylation sites (N-methyl/N-ethyl adjacent to an activating group) is 1. The lowest BCUT2D eigenvalue weighted by atomic mass is 10.0. The van der Waals surface area contributed by atoms with E-state index in [-0.39, 0.29) is 35.9 Å². The Bertz CT molecular complexity index is 1750. The van der Waals surface area contributed by atoms with Crippen molar-refractivity contribution < 1.29 is 27.8 Å². The van der Waals surface area contributed by atoms with Crippen molar-refractivity contribution in [3.8, 4) is 17.2 Å². The molecule has 11 heteroatoms. The number of benzene rings is 4. The van der Waals surface area contributed by atoms with Crippen LogP contribution in [0.15, 0.2) is 102 Å². The summed E-state index contributed by atoms with van der Waals surface area (Å²) in [5, 5.41) is 10.4. The van der Waals surface area contributed by atoms with Gasteiger partial charge in [0.05, 0.1) is 24.0 Å². The van der Waals surface area contributed by atoms with Gasteiger partial charge < -0.3 is 19.5 Å². The predicted molar refractivity (Wildman–Crippen MR) is 184 cm³/mol. The molecule has 47 heavy (non-hydrogen) atoms. The van der Waals surface area contributed by atoms with Gasteiger partial charge in [-0.1, -0.05) is 48.9 Å². The summed E-state index contributed by atoms with van der Waals surface area (Å²) in [5.74, 6) is 1.79. The molecule has 2 N–H and O–H groups in total. The number of aliphatic hydroxyl groups is 1. The maximum Gasteiger partial charge on any atom is 0.261 e. The zero-order valence-electron chi connectivity index (χ0n) is 26.7. The molecule has 1 aliphatic rings. The van der Waals surface area contributed by atoms with Crippen molar-refractivity contribution in [1.82, 2.24) is 9.80 Å². The van der Waals surface area contributed by atoms with Crippen LogP contribution in [0.3, 0.4) is 0 Å². The minimum Gasteiger partial charge on any atom is -0.488 e. The highest BCUT2D eigenvalue weighted by atomic mass is 35.5. The molecule has 0 spiro atoms. The molecule has 0 unspecified atom stereocenters. The van der Waals surface area contributed by atoms with E-state index < -0.39 is 16.1 Å². The van der Waals surface area contributed by atoms with Gasteiger partial charge in [-0.15, -0.1) is 0 Å². The summed E-state index contributed by atoms with van der Waals surface area (Å²) in [7, 11) is -1.88. The molecule has 0 fully saturated rings. The average molecular weight is 678 g/mol. The number of nitrogens with one attached hydrogen (secondary N) is 1. The summed E-state index contributed by atoms with van der Waals surface area (Å²) in [6.07, 6.45) is -0.321. The highest BCUT2D eigenvalue weighted by Crippen LogP contribution is 2.30. The third-order valence-corrected chi connectivity index (χ3v) is 9.79. The first-order chi connectivity index (χ1) is 22.5. The first-order valence-electron chi connectivity index (χ1n) is 15.5. The summed E-state index contributed by atoms with van der Waals surface area (Å²) in [5.41, 5.74) is 1.96. The van der Waals surface area contributed by atoms with Crippen LogP contribution in [-0.4, -0.2) is 68.1 Å². The van der Waals surface area contributed by atoms with E-state index in [1.165, 1.54) is 24.3 Å². The fraction of sp³-hybridized carbons (Fsp3) is 0.306. The van der Waals surface area contributed by atoms with E-state index in [1.54, 1.807) is 23.1 Å². The molecule has 0 saturated carbocycles. The molecule has 248 valence electrons. The Morgan fingerprint density at radius 3 is 2.38 bits per heavy atom. The number of sulfonamides is 1. The van der Waals surface area contributed by atoms with E-state index in [4.69, 9.17) is 21.1 Å². The van der Waals surface area contributed by atoms with Crippen molar-refractivity contribution in [3.05, 3.63) is 113 Å². The van der Waals surface area contributed by atoms with E-state index in [9.17, 15) is 18.3 Å². The molecule has 3 atom stereocenters. The zero-order valence-corrected chi connectivity index (χ0v) is 28.2. The average Bonchev–Trinajstić information content (AvgIpc) is 3.09. The smallest absolute Gasteiger partial charge is 0.261 e. The normalized spacial score (nSPS) is 17.6. The van der Waals surface area contributed by atoms with Gasteiger partial charge in [-0.05, 0) is 86.3 Å². The summed E-state index contributed by atoms with van der Waals surface area (Å²) in [6, 6.07) is 28.1. The van der Waals surface area contributed by atoms with Crippen LogP contribution >= 0.6 is 11.6 Å². The van der Waals surface area contributed by atoms with Crippen LogP contribution in [0.1, 0.15) is 25.0 Å². The number of para-hydroxylation sites is 1. The fourth-order valence-corrected chi connectivity index (χ4v) is 6.69. The maximum atomic E-state index is 13.6. The van der Waals surface area contributed by atoms with Crippen molar-refractivity contribution in [1.29, 1.82) is 0 Å². The van der Waals surface area contributed by atoms with Crippen LogP contribution in [0.2, 0.25) is 5.02 Å². The van der Waals surface area contributed by atoms with Crippen molar-refractivity contribution >= 4 is 33.2 Å². The molecule has 1 amide bonds.